The van der Waals surface area contributed by atoms with Gasteiger partial charge in [0.2, 0.25) is 10.0 Å². The first-order chi connectivity index (χ1) is 17.4. The largest absolute Gasteiger partial charge is 0.492 e. The smallest absolute Gasteiger partial charge is 0.299 e. The van der Waals surface area contributed by atoms with E-state index >= 15 is 0 Å². The fourth-order valence-electron chi connectivity index (χ4n) is 4.88. The highest BCUT2D eigenvalue weighted by Crippen LogP contribution is 2.34. The van der Waals surface area contributed by atoms with E-state index in [-0.39, 0.29) is 23.1 Å². The van der Waals surface area contributed by atoms with Crippen molar-refractivity contribution in [1.29, 1.82) is 0 Å². The number of carbonyl (C=O) groups is 2. The summed E-state index contributed by atoms with van der Waals surface area (Å²) in [7, 11) is -3.85. The minimum absolute atomic E-state index is 0.0279. The molecule has 1 atom stereocenters. The van der Waals surface area contributed by atoms with Crippen molar-refractivity contribution >= 4 is 27.4 Å². The highest BCUT2D eigenvalue weighted by molar-refractivity contribution is 7.89. The molecule has 2 aliphatic heterocycles. The van der Waals surface area contributed by atoms with Crippen LogP contribution in [-0.2, 0) is 21.2 Å². The Morgan fingerprint density at radius 2 is 1.64 bits per heavy atom. The third-order valence-corrected chi connectivity index (χ3v) is 8.70. The lowest BCUT2D eigenvalue weighted by atomic mass is 10.1. The summed E-state index contributed by atoms with van der Waals surface area (Å²) in [5.41, 5.74) is 1.79. The predicted octanol–water partition coefficient (Wildman–Crippen LogP) is 4.08. The Kier molecular flexibility index (Phi) is 6.89. The summed E-state index contributed by atoms with van der Waals surface area (Å²) in [5.74, 6) is -0.578. The Morgan fingerprint density at radius 3 is 2.39 bits per heavy atom. The summed E-state index contributed by atoms with van der Waals surface area (Å²) in [4.78, 5) is 26.9. The summed E-state index contributed by atoms with van der Waals surface area (Å²) in [5, 5.41) is 0. The van der Waals surface area contributed by atoms with Crippen molar-refractivity contribution in [2.45, 2.75) is 36.6 Å². The third kappa shape index (κ3) is 4.79. The van der Waals surface area contributed by atoms with Gasteiger partial charge in [0.05, 0.1) is 22.2 Å². The molecule has 7 nitrogen and oxygen atoms in total. The van der Waals surface area contributed by atoms with Gasteiger partial charge in [-0.25, -0.2) is 8.42 Å². The first kappa shape index (κ1) is 24.2. The Labute approximate surface area is 211 Å². The number of hydrogen-bond donors (Lipinski definition) is 0. The van der Waals surface area contributed by atoms with Gasteiger partial charge in [-0.05, 0) is 61.6 Å². The number of ketones is 1. The number of rotatable bonds is 9. The van der Waals surface area contributed by atoms with Gasteiger partial charge in [0.15, 0.2) is 0 Å². The zero-order chi connectivity index (χ0) is 25.1. The monoisotopic (exact) mass is 504 g/mol. The molecule has 1 fully saturated rings. The summed E-state index contributed by atoms with van der Waals surface area (Å²) in [6.07, 6.45) is 2.91. The molecule has 0 saturated carbocycles. The van der Waals surface area contributed by atoms with E-state index in [1.807, 2.05) is 60.7 Å². The number of ether oxygens (including phenoxy) is 1. The quantitative estimate of drug-likeness (QED) is 0.410. The Bertz CT molecular complexity index is 1360. The number of Topliss-reactive ketones (excluding diaryl/α,β-unsaturated/α-hetero) is 1. The topological polar surface area (TPSA) is 84.0 Å². The number of benzene rings is 3. The second-order valence-electron chi connectivity index (χ2n) is 9.09. The molecular formula is C28H28N2O5S. The minimum Gasteiger partial charge on any atom is -0.492 e. The second kappa shape index (κ2) is 10.2. The number of nitrogens with zero attached hydrogens (tertiary/aromatic N) is 2. The molecule has 0 aliphatic carbocycles. The molecule has 36 heavy (non-hydrogen) atoms. The molecule has 0 radical (unpaired) electrons. The molecule has 0 aromatic heterocycles. The van der Waals surface area contributed by atoms with Crippen molar-refractivity contribution in [2.75, 3.05) is 24.6 Å². The van der Waals surface area contributed by atoms with Crippen LogP contribution in [0.1, 0.15) is 35.2 Å². The number of sulfonamides is 1. The van der Waals surface area contributed by atoms with Gasteiger partial charge in [-0.1, -0.05) is 48.5 Å². The Morgan fingerprint density at radius 1 is 0.917 bits per heavy atom. The fraction of sp³-hybridized carbons (Fsp3) is 0.286. The van der Waals surface area contributed by atoms with Crippen molar-refractivity contribution in [1.82, 2.24) is 4.31 Å². The van der Waals surface area contributed by atoms with Crippen LogP contribution in [0, 0.1) is 0 Å². The van der Waals surface area contributed by atoms with Crippen molar-refractivity contribution in [3.8, 4) is 5.75 Å². The van der Waals surface area contributed by atoms with Crippen LogP contribution < -0.4 is 9.64 Å². The van der Waals surface area contributed by atoms with Gasteiger partial charge in [-0.2, -0.15) is 4.31 Å². The van der Waals surface area contributed by atoms with Crippen LogP contribution in [0.5, 0.6) is 5.75 Å². The summed E-state index contributed by atoms with van der Waals surface area (Å²) in [6.45, 7) is 1.03. The minimum atomic E-state index is -3.85. The van der Waals surface area contributed by atoms with Crippen LogP contribution in [0.3, 0.4) is 0 Å². The van der Waals surface area contributed by atoms with E-state index < -0.39 is 21.7 Å². The molecule has 3 aromatic rings. The van der Waals surface area contributed by atoms with Gasteiger partial charge in [0.1, 0.15) is 12.4 Å². The molecule has 0 N–H and O–H groups in total. The first-order valence-electron chi connectivity index (χ1n) is 12.2. The van der Waals surface area contributed by atoms with E-state index in [1.165, 1.54) is 21.3 Å². The fourth-order valence-corrected chi connectivity index (χ4v) is 6.59. The predicted molar refractivity (Wildman–Crippen MR) is 137 cm³/mol. The average Bonchev–Trinajstić information content (AvgIpc) is 3.48. The van der Waals surface area contributed by atoms with Gasteiger partial charge in [0, 0.05) is 13.1 Å². The summed E-state index contributed by atoms with van der Waals surface area (Å²) in [6, 6.07) is 23.4. The molecule has 3 aromatic carbocycles. The SMILES string of the molecule is O=C1C(=O)N(CCCc2ccccc2)c2ccc(S(=O)(=O)N3CCCC3COc3ccccc3)cc21. The van der Waals surface area contributed by atoms with E-state index in [0.29, 0.717) is 37.4 Å². The normalized spacial score (nSPS) is 18.0. The lowest BCUT2D eigenvalue weighted by molar-refractivity contribution is -0.114. The van der Waals surface area contributed by atoms with Crippen LogP contribution in [0.2, 0.25) is 0 Å². The van der Waals surface area contributed by atoms with Crippen LogP contribution in [-0.4, -0.2) is 50.2 Å². The molecule has 186 valence electrons. The number of hydrogen-bond acceptors (Lipinski definition) is 5. The maximum absolute atomic E-state index is 13.5. The van der Waals surface area contributed by atoms with Gasteiger partial charge in [-0.3, -0.25) is 9.59 Å². The van der Waals surface area contributed by atoms with Gasteiger partial charge >= 0.3 is 0 Å². The van der Waals surface area contributed by atoms with Gasteiger partial charge in [0.25, 0.3) is 11.7 Å². The van der Waals surface area contributed by atoms with E-state index in [2.05, 4.69) is 0 Å². The number of amides is 1. The van der Waals surface area contributed by atoms with Crippen LogP contribution in [0.15, 0.2) is 83.8 Å². The zero-order valence-electron chi connectivity index (χ0n) is 19.9. The molecule has 8 heteroatoms. The van der Waals surface area contributed by atoms with Crippen LogP contribution in [0.4, 0.5) is 5.69 Å². The maximum Gasteiger partial charge on any atom is 0.299 e. The molecule has 2 heterocycles. The van der Waals surface area contributed by atoms with Gasteiger partial charge < -0.3 is 9.64 Å². The van der Waals surface area contributed by atoms with Crippen molar-refractivity contribution in [3.63, 3.8) is 0 Å². The molecule has 2 aliphatic rings. The van der Waals surface area contributed by atoms with Crippen molar-refractivity contribution in [2.24, 2.45) is 0 Å². The van der Waals surface area contributed by atoms with Crippen molar-refractivity contribution < 1.29 is 22.7 Å². The van der Waals surface area contributed by atoms with E-state index in [9.17, 15) is 18.0 Å². The van der Waals surface area contributed by atoms with Gasteiger partial charge in [-0.15, -0.1) is 0 Å². The molecule has 1 amide bonds. The Hall–Kier alpha value is -3.49. The highest BCUT2D eigenvalue weighted by atomic mass is 32.2. The lowest BCUT2D eigenvalue weighted by Gasteiger charge is -2.24. The molecule has 1 saturated heterocycles. The highest BCUT2D eigenvalue weighted by Gasteiger charge is 2.39. The maximum atomic E-state index is 13.5. The molecule has 1 unspecified atom stereocenters. The van der Waals surface area contributed by atoms with Crippen LogP contribution >= 0.6 is 0 Å². The van der Waals surface area contributed by atoms with Crippen molar-refractivity contribution in [3.05, 3.63) is 90.0 Å². The number of anilines is 1. The number of para-hydroxylation sites is 1. The molecule has 0 spiro atoms. The number of fused-ring (bicyclic) bond motifs is 1. The zero-order valence-corrected chi connectivity index (χ0v) is 20.7. The molecular weight excluding hydrogens is 476 g/mol. The second-order valence-corrected chi connectivity index (χ2v) is 11.0. The lowest BCUT2D eigenvalue weighted by Crippen LogP contribution is -2.39. The van der Waals surface area contributed by atoms with E-state index in [1.54, 1.807) is 6.07 Å². The molecule has 5 rings (SSSR count). The molecule has 0 bridgehead atoms. The number of aryl methyl sites for hydroxylation is 1. The Balaban J connectivity index is 1.31. The summed E-state index contributed by atoms with van der Waals surface area (Å²) >= 11 is 0. The number of carbonyl (C=O) groups excluding carboxylic acids is 2. The van der Waals surface area contributed by atoms with E-state index in [4.69, 9.17) is 4.74 Å². The van der Waals surface area contributed by atoms with Crippen LogP contribution in [0.25, 0.3) is 0 Å². The standard InChI is InChI=1S/C28H28N2O5S/c31-27-25-19-24(15-16-26(25)29(28(27)32)17-7-11-21-9-3-1-4-10-21)36(33,34)30-18-8-12-22(30)20-35-23-13-5-2-6-14-23/h1-6,9-10,13-16,19,22H,7-8,11-12,17-18,20H2. The van der Waals surface area contributed by atoms with E-state index in [0.717, 1.165) is 18.4 Å². The first-order valence-corrected chi connectivity index (χ1v) is 13.6. The summed E-state index contributed by atoms with van der Waals surface area (Å²) < 4.78 is 34.3. The third-order valence-electron chi connectivity index (χ3n) is 6.75. The average molecular weight is 505 g/mol.